The van der Waals surface area contributed by atoms with E-state index in [9.17, 15) is 0 Å². The molecule has 0 radical (unpaired) electrons. The van der Waals surface area contributed by atoms with Gasteiger partial charge in [0.05, 0.1) is 0 Å². The van der Waals surface area contributed by atoms with Crippen molar-refractivity contribution in [2.24, 2.45) is 5.73 Å². The third-order valence-corrected chi connectivity index (χ3v) is 3.65. The first-order chi connectivity index (χ1) is 9.79. The van der Waals surface area contributed by atoms with E-state index in [1.165, 1.54) is 5.56 Å². The summed E-state index contributed by atoms with van der Waals surface area (Å²) in [5.41, 5.74) is 6.98. The first-order valence-corrected chi connectivity index (χ1v) is 7.69. The van der Waals surface area contributed by atoms with Crippen LogP contribution < -0.4 is 10.6 Å². The van der Waals surface area contributed by atoms with Gasteiger partial charge in [0.15, 0.2) is 0 Å². The molecule has 1 aromatic carbocycles. The van der Waals surface area contributed by atoms with E-state index < -0.39 is 0 Å². The second-order valence-electron chi connectivity index (χ2n) is 4.70. The van der Waals surface area contributed by atoms with E-state index >= 15 is 0 Å². The molecule has 106 valence electrons. The minimum Gasteiger partial charge on any atom is -0.356 e. The van der Waals surface area contributed by atoms with Crippen LogP contribution in [-0.4, -0.2) is 24.6 Å². The van der Waals surface area contributed by atoms with Crippen molar-refractivity contribution in [3.63, 3.8) is 0 Å². The zero-order chi connectivity index (χ0) is 14.2. The summed E-state index contributed by atoms with van der Waals surface area (Å²) < 4.78 is 1.00. The lowest BCUT2D eigenvalue weighted by molar-refractivity contribution is 0.720. The number of pyridine rings is 1. The van der Waals surface area contributed by atoms with Crippen molar-refractivity contribution < 1.29 is 0 Å². The minimum atomic E-state index is 0.707. The van der Waals surface area contributed by atoms with Crippen molar-refractivity contribution in [1.29, 1.82) is 0 Å². The highest BCUT2D eigenvalue weighted by Crippen LogP contribution is 2.15. The summed E-state index contributed by atoms with van der Waals surface area (Å²) in [5, 5.41) is 0. The van der Waals surface area contributed by atoms with Crippen LogP contribution >= 0.6 is 15.9 Å². The van der Waals surface area contributed by atoms with Gasteiger partial charge in [0.2, 0.25) is 0 Å². The number of aromatic nitrogens is 1. The van der Waals surface area contributed by atoms with Crippen LogP contribution in [0, 0.1) is 0 Å². The molecule has 2 rings (SSSR count). The molecule has 4 heteroatoms. The van der Waals surface area contributed by atoms with Gasteiger partial charge in [0.1, 0.15) is 5.82 Å². The van der Waals surface area contributed by atoms with Gasteiger partial charge >= 0.3 is 0 Å². The lowest BCUT2D eigenvalue weighted by Gasteiger charge is -2.23. The number of benzene rings is 1. The summed E-state index contributed by atoms with van der Waals surface area (Å²) in [6, 6.07) is 14.6. The monoisotopic (exact) mass is 333 g/mol. The molecule has 0 saturated heterocycles. The molecule has 2 N–H and O–H groups in total. The topological polar surface area (TPSA) is 42.1 Å². The van der Waals surface area contributed by atoms with Crippen LogP contribution in [0.2, 0.25) is 0 Å². The molecule has 0 fully saturated rings. The Bertz CT molecular complexity index is 499. The van der Waals surface area contributed by atoms with Gasteiger partial charge in [-0.25, -0.2) is 4.98 Å². The molecule has 1 aromatic heterocycles. The van der Waals surface area contributed by atoms with E-state index in [-0.39, 0.29) is 0 Å². The number of nitrogens with two attached hydrogens (primary N) is 1. The van der Waals surface area contributed by atoms with Crippen molar-refractivity contribution in [3.05, 3.63) is 58.7 Å². The second-order valence-corrected chi connectivity index (χ2v) is 5.62. The number of anilines is 1. The average molecular weight is 334 g/mol. The maximum atomic E-state index is 5.63. The molecule has 0 amide bonds. The largest absolute Gasteiger partial charge is 0.356 e. The molecule has 0 aliphatic heterocycles. The van der Waals surface area contributed by atoms with Gasteiger partial charge in [0.25, 0.3) is 0 Å². The normalized spacial score (nSPS) is 10.5. The standard InChI is InChI=1S/C16H20BrN3/c17-15-7-8-16(19-13-15)20(11-4-10-18)12-9-14-5-2-1-3-6-14/h1-3,5-8,13H,4,9-12,18H2. The van der Waals surface area contributed by atoms with Gasteiger partial charge in [-0.3, -0.25) is 0 Å². The SMILES string of the molecule is NCCCN(CCc1ccccc1)c1ccc(Br)cn1. The zero-order valence-electron chi connectivity index (χ0n) is 11.5. The Labute approximate surface area is 129 Å². The summed E-state index contributed by atoms with van der Waals surface area (Å²) in [6.45, 7) is 2.61. The molecular weight excluding hydrogens is 314 g/mol. The van der Waals surface area contributed by atoms with Crippen LogP contribution in [0.25, 0.3) is 0 Å². The number of hydrogen-bond donors (Lipinski definition) is 1. The van der Waals surface area contributed by atoms with E-state index in [1.807, 2.05) is 24.4 Å². The summed E-state index contributed by atoms with van der Waals surface area (Å²) in [7, 11) is 0. The van der Waals surface area contributed by atoms with E-state index in [0.717, 1.165) is 36.2 Å². The Morgan fingerprint density at radius 1 is 1.05 bits per heavy atom. The third kappa shape index (κ3) is 4.62. The molecule has 0 aliphatic carbocycles. The molecule has 0 spiro atoms. The van der Waals surface area contributed by atoms with Crippen LogP contribution in [0.3, 0.4) is 0 Å². The molecular formula is C16H20BrN3. The Balaban J connectivity index is 2.01. The Morgan fingerprint density at radius 3 is 2.50 bits per heavy atom. The van der Waals surface area contributed by atoms with Crippen LogP contribution in [-0.2, 0) is 6.42 Å². The van der Waals surface area contributed by atoms with Gasteiger partial charge in [-0.1, -0.05) is 30.3 Å². The number of hydrogen-bond acceptors (Lipinski definition) is 3. The molecule has 0 saturated carbocycles. The highest BCUT2D eigenvalue weighted by molar-refractivity contribution is 9.10. The van der Waals surface area contributed by atoms with Gasteiger partial charge in [-0.15, -0.1) is 0 Å². The van der Waals surface area contributed by atoms with Crippen molar-refractivity contribution in [2.45, 2.75) is 12.8 Å². The van der Waals surface area contributed by atoms with E-state index in [4.69, 9.17) is 5.73 Å². The summed E-state index contributed by atoms with van der Waals surface area (Å²) in [5.74, 6) is 1.01. The van der Waals surface area contributed by atoms with Crippen LogP contribution in [0.5, 0.6) is 0 Å². The second kappa shape index (κ2) is 8.02. The molecule has 0 unspecified atom stereocenters. The number of rotatable bonds is 7. The molecule has 0 bridgehead atoms. The summed E-state index contributed by atoms with van der Waals surface area (Å²) in [6.07, 6.45) is 3.84. The Morgan fingerprint density at radius 2 is 1.85 bits per heavy atom. The highest BCUT2D eigenvalue weighted by Gasteiger charge is 2.07. The van der Waals surface area contributed by atoms with Crippen molar-refractivity contribution >= 4 is 21.7 Å². The van der Waals surface area contributed by atoms with Crippen molar-refractivity contribution in [3.8, 4) is 0 Å². The Hall–Kier alpha value is -1.39. The van der Waals surface area contributed by atoms with Crippen LogP contribution in [0.15, 0.2) is 53.1 Å². The van der Waals surface area contributed by atoms with Crippen molar-refractivity contribution in [1.82, 2.24) is 4.98 Å². The van der Waals surface area contributed by atoms with E-state index in [1.54, 1.807) is 0 Å². The predicted molar refractivity (Wildman–Crippen MR) is 88.0 cm³/mol. The fourth-order valence-corrected chi connectivity index (χ4v) is 2.32. The molecule has 20 heavy (non-hydrogen) atoms. The molecule has 0 aliphatic rings. The van der Waals surface area contributed by atoms with E-state index in [2.05, 4.69) is 50.1 Å². The molecule has 1 heterocycles. The molecule has 3 nitrogen and oxygen atoms in total. The number of halogens is 1. The fraction of sp³-hybridized carbons (Fsp3) is 0.312. The maximum Gasteiger partial charge on any atom is 0.128 e. The first kappa shape index (κ1) is 15.0. The van der Waals surface area contributed by atoms with Crippen molar-refractivity contribution in [2.75, 3.05) is 24.5 Å². The maximum absolute atomic E-state index is 5.63. The average Bonchev–Trinajstić information content (AvgIpc) is 2.50. The minimum absolute atomic E-state index is 0.707. The van der Waals surface area contributed by atoms with Crippen LogP contribution in [0.4, 0.5) is 5.82 Å². The highest BCUT2D eigenvalue weighted by atomic mass is 79.9. The zero-order valence-corrected chi connectivity index (χ0v) is 13.1. The Kier molecular flexibility index (Phi) is 6.02. The third-order valence-electron chi connectivity index (χ3n) is 3.18. The predicted octanol–water partition coefficient (Wildman–Crippen LogP) is 3.24. The quantitative estimate of drug-likeness (QED) is 0.845. The fourth-order valence-electron chi connectivity index (χ4n) is 2.09. The summed E-state index contributed by atoms with van der Waals surface area (Å²) in [4.78, 5) is 6.78. The first-order valence-electron chi connectivity index (χ1n) is 6.90. The van der Waals surface area contributed by atoms with Crippen LogP contribution in [0.1, 0.15) is 12.0 Å². The molecule has 2 aromatic rings. The molecule has 0 atom stereocenters. The smallest absolute Gasteiger partial charge is 0.128 e. The lowest BCUT2D eigenvalue weighted by Crippen LogP contribution is -2.29. The van der Waals surface area contributed by atoms with E-state index in [0.29, 0.717) is 6.54 Å². The van der Waals surface area contributed by atoms with Gasteiger partial charge in [-0.2, -0.15) is 0 Å². The van der Waals surface area contributed by atoms with Gasteiger partial charge < -0.3 is 10.6 Å². The van der Waals surface area contributed by atoms with Gasteiger partial charge in [-0.05, 0) is 53.0 Å². The summed E-state index contributed by atoms with van der Waals surface area (Å²) >= 11 is 3.42. The lowest BCUT2D eigenvalue weighted by atomic mass is 10.1. The number of nitrogens with zero attached hydrogens (tertiary/aromatic N) is 2. The van der Waals surface area contributed by atoms with Gasteiger partial charge in [0, 0.05) is 23.8 Å².